The van der Waals surface area contributed by atoms with Crippen LogP contribution in [0.5, 0.6) is 0 Å². The third kappa shape index (κ3) is 3.26. The molecule has 0 aromatic carbocycles. The van der Waals surface area contributed by atoms with Crippen LogP contribution in [-0.4, -0.2) is 39.5 Å². The van der Waals surface area contributed by atoms with E-state index in [4.69, 9.17) is 5.73 Å². The third-order valence-electron chi connectivity index (χ3n) is 3.58. The highest BCUT2D eigenvalue weighted by Crippen LogP contribution is 2.24. The van der Waals surface area contributed by atoms with Gasteiger partial charge in [-0.3, -0.25) is 9.58 Å². The van der Waals surface area contributed by atoms with Crippen LogP contribution in [0.3, 0.4) is 0 Å². The molecule has 0 radical (unpaired) electrons. The molecule has 1 aliphatic heterocycles. The molecule has 2 N–H and O–H groups in total. The highest BCUT2D eigenvalue weighted by molar-refractivity contribution is 4.93. The van der Waals surface area contributed by atoms with Crippen LogP contribution >= 0.6 is 0 Å². The highest BCUT2D eigenvalue weighted by Gasteiger charge is 2.25. The number of likely N-dealkylation sites (tertiary alicyclic amines) is 1. The number of nitrogens with two attached hydrogens (primary N) is 1. The first-order valence-electron chi connectivity index (χ1n) is 6.50. The minimum Gasteiger partial charge on any atom is -0.329 e. The first-order valence-corrected chi connectivity index (χ1v) is 6.50. The molecular formula is C12H23N5. The Hall–Kier alpha value is -0.940. The number of hydrogen-bond acceptors (Lipinski definition) is 4. The van der Waals surface area contributed by atoms with Crippen LogP contribution in [0.2, 0.25) is 0 Å². The van der Waals surface area contributed by atoms with Gasteiger partial charge in [-0.25, -0.2) is 0 Å². The van der Waals surface area contributed by atoms with Crippen molar-refractivity contribution in [2.75, 3.05) is 19.6 Å². The van der Waals surface area contributed by atoms with Gasteiger partial charge in [-0.05, 0) is 24.8 Å². The first kappa shape index (κ1) is 12.5. The molecule has 1 saturated heterocycles. The van der Waals surface area contributed by atoms with Crippen molar-refractivity contribution in [3.63, 3.8) is 0 Å². The van der Waals surface area contributed by atoms with Gasteiger partial charge in [-0.2, -0.15) is 0 Å². The Kier molecular flexibility index (Phi) is 4.12. The summed E-state index contributed by atoms with van der Waals surface area (Å²) in [6.45, 7) is 9.29. The molecule has 0 spiro atoms. The average molecular weight is 237 g/mol. The van der Waals surface area contributed by atoms with Crippen molar-refractivity contribution in [3.05, 3.63) is 11.9 Å². The standard InChI is InChI=1S/C12H23N5/c1-10(2)11-3-5-16(7-11)8-12-9-17(6-4-13)15-14-12/h9-11H,3-8,13H2,1-2H3. The molecule has 5 heteroatoms. The second-order valence-electron chi connectivity index (χ2n) is 5.29. The van der Waals surface area contributed by atoms with Gasteiger partial charge in [0.1, 0.15) is 0 Å². The number of aromatic nitrogens is 3. The molecule has 96 valence electrons. The molecule has 1 aromatic heterocycles. The Morgan fingerprint density at radius 3 is 3.00 bits per heavy atom. The van der Waals surface area contributed by atoms with E-state index in [1.165, 1.54) is 19.5 Å². The van der Waals surface area contributed by atoms with Crippen LogP contribution in [0.1, 0.15) is 26.0 Å². The Labute approximate surface area is 103 Å². The highest BCUT2D eigenvalue weighted by atomic mass is 15.4. The summed E-state index contributed by atoms with van der Waals surface area (Å²) < 4.78 is 1.82. The van der Waals surface area contributed by atoms with Crippen LogP contribution in [0.15, 0.2) is 6.20 Å². The summed E-state index contributed by atoms with van der Waals surface area (Å²) in [5.41, 5.74) is 6.54. The molecule has 1 atom stereocenters. The topological polar surface area (TPSA) is 60.0 Å². The van der Waals surface area contributed by atoms with E-state index in [0.29, 0.717) is 6.54 Å². The lowest BCUT2D eigenvalue weighted by molar-refractivity contribution is 0.293. The van der Waals surface area contributed by atoms with Gasteiger partial charge in [-0.15, -0.1) is 5.10 Å². The number of hydrogen-bond donors (Lipinski definition) is 1. The molecule has 1 fully saturated rings. The zero-order valence-corrected chi connectivity index (χ0v) is 10.8. The lowest BCUT2D eigenvalue weighted by atomic mass is 9.95. The van der Waals surface area contributed by atoms with Crippen LogP contribution < -0.4 is 5.73 Å². The maximum Gasteiger partial charge on any atom is 0.0967 e. The second-order valence-corrected chi connectivity index (χ2v) is 5.29. The summed E-state index contributed by atoms with van der Waals surface area (Å²) >= 11 is 0. The summed E-state index contributed by atoms with van der Waals surface area (Å²) in [5, 5.41) is 8.25. The molecule has 0 aliphatic carbocycles. The minimum atomic E-state index is 0.613. The summed E-state index contributed by atoms with van der Waals surface area (Å²) in [5.74, 6) is 1.63. The predicted octanol–water partition coefficient (Wildman–Crippen LogP) is 0.715. The van der Waals surface area contributed by atoms with Crippen molar-refractivity contribution in [2.24, 2.45) is 17.6 Å². The molecule has 0 saturated carbocycles. The Morgan fingerprint density at radius 2 is 2.35 bits per heavy atom. The maximum atomic E-state index is 5.49. The van der Waals surface area contributed by atoms with E-state index in [-0.39, 0.29) is 0 Å². The van der Waals surface area contributed by atoms with Crippen LogP contribution in [0, 0.1) is 11.8 Å². The Balaban J connectivity index is 1.84. The van der Waals surface area contributed by atoms with E-state index < -0.39 is 0 Å². The quantitative estimate of drug-likeness (QED) is 0.819. The first-order chi connectivity index (χ1) is 8.19. The molecule has 5 nitrogen and oxygen atoms in total. The monoisotopic (exact) mass is 237 g/mol. The van der Waals surface area contributed by atoms with Crippen molar-refractivity contribution in [1.29, 1.82) is 0 Å². The number of rotatable bonds is 5. The lowest BCUT2D eigenvalue weighted by Gasteiger charge is -2.16. The van der Waals surface area contributed by atoms with Crippen LogP contribution in [0.4, 0.5) is 0 Å². The van der Waals surface area contributed by atoms with Gasteiger partial charge in [0, 0.05) is 25.8 Å². The number of nitrogens with zero attached hydrogens (tertiary/aromatic N) is 4. The minimum absolute atomic E-state index is 0.613. The molecule has 0 bridgehead atoms. The van der Waals surface area contributed by atoms with Gasteiger partial charge in [0.15, 0.2) is 0 Å². The summed E-state index contributed by atoms with van der Waals surface area (Å²) in [6.07, 6.45) is 3.32. The van der Waals surface area contributed by atoms with Crippen molar-refractivity contribution in [3.8, 4) is 0 Å². The Morgan fingerprint density at radius 1 is 1.53 bits per heavy atom. The van der Waals surface area contributed by atoms with E-state index in [1.54, 1.807) is 0 Å². The molecule has 2 heterocycles. The van der Waals surface area contributed by atoms with Crippen LogP contribution in [-0.2, 0) is 13.1 Å². The van der Waals surface area contributed by atoms with Crippen molar-refractivity contribution < 1.29 is 0 Å². The molecular weight excluding hydrogens is 214 g/mol. The van der Waals surface area contributed by atoms with Crippen molar-refractivity contribution in [1.82, 2.24) is 19.9 Å². The molecule has 1 unspecified atom stereocenters. The molecule has 0 amide bonds. The lowest BCUT2D eigenvalue weighted by Crippen LogP contribution is -2.21. The van der Waals surface area contributed by atoms with Gasteiger partial charge in [0.25, 0.3) is 0 Å². The summed E-state index contributed by atoms with van der Waals surface area (Å²) in [6, 6.07) is 0. The molecule has 1 aromatic rings. The van der Waals surface area contributed by atoms with Crippen molar-refractivity contribution >= 4 is 0 Å². The fourth-order valence-corrected chi connectivity index (χ4v) is 2.43. The average Bonchev–Trinajstić information content (AvgIpc) is 2.89. The molecule has 1 aliphatic rings. The van der Waals surface area contributed by atoms with E-state index in [0.717, 1.165) is 30.6 Å². The van der Waals surface area contributed by atoms with Crippen molar-refractivity contribution in [2.45, 2.75) is 33.4 Å². The van der Waals surface area contributed by atoms with E-state index in [1.807, 2.05) is 10.9 Å². The zero-order chi connectivity index (χ0) is 12.3. The van der Waals surface area contributed by atoms with Gasteiger partial charge in [-0.1, -0.05) is 19.1 Å². The van der Waals surface area contributed by atoms with Gasteiger partial charge in [0.2, 0.25) is 0 Å². The van der Waals surface area contributed by atoms with Crippen LogP contribution in [0.25, 0.3) is 0 Å². The molecule has 2 rings (SSSR count). The summed E-state index contributed by atoms with van der Waals surface area (Å²) in [4.78, 5) is 2.47. The van der Waals surface area contributed by atoms with Gasteiger partial charge in [0.05, 0.1) is 12.2 Å². The zero-order valence-electron chi connectivity index (χ0n) is 10.8. The van der Waals surface area contributed by atoms with Gasteiger partial charge < -0.3 is 5.73 Å². The van der Waals surface area contributed by atoms with E-state index >= 15 is 0 Å². The second kappa shape index (κ2) is 5.60. The maximum absolute atomic E-state index is 5.49. The Bertz CT molecular complexity index is 346. The largest absolute Gasteiger partial charge is 0.329 e. The van der Waals surface area contributed by atoms with E-state index in [9.17, 15) is 0 Å². The predicted molar refractivity (Wildman–Crippen MR) is 67.3 cm³/mol. The normalized spacial score (nSPS) is 21.5. The summed E-state index contributed by atoms with van der Waals surface area (Å²) in [7, 11) is 0. The smallest absolute Gasteiger partial charge is 0.0967 e. The fourth-order valence-electron chi connectivity index (χ4n) is 2.43. The fraction of sp³-hybridized carbons (Fsp3) is 0.833. The van der Waals surface area contributed by atoms with E-state index in [2.05, 4.69) is 29.1 Å². The van der Waals surface area contributed by atoms with Gasteiger partial charge >= 0.3 is 0 Å². The molecule has 17 heavy (non-hydrogen) atoms. The third-order valence-corrected chi connectivity index (χ3v) is 3.58. The SMILES string of the molecule is CC(C)C1CCN(Cc2cn(CCN)nn2)C1.